The fourth-order valence-electron chi connectivity index (χ4n) is 3.30. The number of carbonyl (C=O) groups is 1. The number of hydrogen-bond acceptors (Lipinski definition) is 5. The van der Waals surface area contributed by atoms with E-state index in [1.165, 1.54) is 0 Å². The summed E-state index contributed by atoms with van der Waals surface area (Å²) in [5, 5.41) is 0. The van der Waals surface area contributed by atoms with E-state index in [-0.39, 0.29) is 11.8 Å². The van der Waals surface area contributed by atoms with Crippen molar-refractivity contribution in [1.82, 2.24) is 14.9 Å². The summed E-state index contributed by atoms with van der Waals surface area (Å²) in [4.78, 5) is 23.3. The first-order chi connectivity index (χ1) is 11.6. The molecular weight excluding hydrogens is 306 g/mol. The maximum absolute atomic E-state index is 12.7. The van der Waals surface area contributed by atoms with E-state index in [4.69, 9.17) is 8.83 Å². The lowest BCUT2D eigenvalue weighted by molar-refractivity contribution is 0.0664. The smallest absolute Gasteiger partial charge is 0.291 e. The van der Waals surface area contributed by atoms with Gasteiger partial charge in [0.2, 0.25) is 5.76 Å². The molecule has 0 spiro atoms. The number of benzene rings is 1. The van der Waals surface area contributed by atoms with Crippen LogP contribution in [0.3, 0.4) is 0 Å². The molecule has 6 heteroatoms. The second-order valence-corrected chi connectivity index (χ2v) is 6.26. The van der Waals surface area contributed by atoms with Gasteiger partial charge in [0.15, 0.2) is 17.4 Å². The van der Waals surface area contributed by atoms with Crippen LogP contribution < -0.4 is 0 Å². The molecular formula is C18H19N3O3. The number of aromatic nitrogens is 2. The number of hydrogen-bond donors (Lipinski definition) is 0. The second-order valence-electron chi connectivity index (χ2n) is 6.26. The first-order valence-electron chi connectivity index (χ1n) is 8.20. The molecule has 0 saturated carbocycles. The number of piperidine rings is 1. The van der Waals surface area contributed by atoms with E-state index >= 15 is 0 Å². The van der Waals surface area contributed by atoms with Crippen LogP contribution >= 0.6 is 0 Å². The summed E-state index contributed by atoms with van der Waals surface area (Å²) in [5.41, 5.74) is 2.29. The van der Waals surface area contributed by atoms with Gasteiger partial charge in [0, 0.05) is 20.0 Å². The molecule has 1 amide bonds. The van der Waals surface area contributed by atoms with E-state index in [0.717, 1.165) is 30.5 Å². The summed E-state index contributed by atoms with van der Waals surface area (Å²) in [6, 6.07) is 7.73. The maximum Gasteiger partial charge on any atom is 0.291 e. The molecule has 6 nitrogen and oxygen atoms in total. The third-order valence-corrected chi connectivity index (χ3v) is 4.47. The Labute approximate surface area is 139 Å². The minimum Gasteiger partial charge on any atom is -0.440 e. The average Bonchev–Trinajstić information content (AvgIpc) is 3.17. The number of carbonyl (C=O) groups excluding carboxylic acids is 1. The van der Waals surface area contributed by atoms with Crippen molar-refractivity contribution in [1.29, 1.82) is 0 Å². The molecule has 0 bridgehead atoms. The predicted octanol–water partition coefficient (Wildman–Crippen LogP) is 3.45. The van der Waals surface area contributed by atoms with Gasteiger partial charge in [-0.05, 0) is 31.9 Å². The van der Waals surface area contributed by atoms with Crippen LogP contribution in [0.15, 0.2) is 33.1 Å². The zero-order chi connectivity index (χ0) is 16.7. The van der Waals surface area contributed by atoms with Crippen molar-refractivity contribution in [3.63, 3.8) is 0 Å². The van der Waals surface area contributed by atoms with Crippen molar-refractivity contribution >= 4 is 17.0 Å². The number of oxazole rings is 2. The van der Waals surface area contributed by atoms with E-state index in [1.54, 1.807) is 13.8 Å². The average molecular weight is 325 g/mol. The fourth-order valence-corrected chi connectivity index (χ4v) is 3.30. The third-order valence-electron chi connectivity index (χ3n) is 4.47. The molecule has 0 unspecified atom stereocenters. The summed E-state index contributed by atoms with van der Waals surface area (Å²) in [6.07, 6.45) is 1.88. The molecule has 124 valence electrons. The van der Waals surface area contributed by atoms with Crippen LogP contribution in [0.1, 0.15) is 46.8 Å². The summed E-state index contributed by atoms with van der Waals surface area (Å²) in [7, 11) is 0. The quantitative estimate of drug-likeness (QED) is 0.721. The van der Waals surface area contributed by atoms with Crippen LogP contribution in [0.25, 0.3) is 11.1 Å². The minimum absolute atomic E-state index is 0.103. The van der Waals surface area contributed by atoms with Crippen molar-refractivity contribution in [2.24, 2.45) is 0 Å². The number of nitrogens with zero attached hydrogens (tertiary/aromatic N) is 3. The van der Waals surface area contributed by atoms with Gasteiger partial charge in [-0.2, -0.15) is 0 Å². The molecule has 2 aromatic heterocycles. The SMILES string of the molecule is Cc1nc(C)c(C(=O)N2CCC[C@@H](c3nc4ccccc4o3)C2)o1. The van der Waals surface area contributed by atoms with Gasteiger partial charge in [-0.1, -0.05) is 12.1 Å². The second kappa shape index (κ2) is 5.78. The highest BCUT2D eigenvalue weighted by molar-refractivity contribution is 5.92. The van der Waals surface area contributed by atoms with Crippen LogP contribution in [-0.4, -0.2) is 33.9 Å². The Morgan fingerprint density at radius 2 is 2.04 bits per heavy atom. The molecule has 3 heterocycles. The van der Waals surface area contributed by atoms with E-state index in [2.05, 4.69) is 9.97 Å². The number of rotatable bonds is 2. The highest BCUT2D eigenvalue weighted by atomic mass is 16.4. The van der Waals surface area contributed by atoms with Gasteiger partial charge < -0.3 is 13.7 Å². The van der Waals surface area contributed by atoms with Gasteiger partial charge >= 0.3 is 0 Å². The van der Waals surface area contributed by atoms with E-state index < -0.39 is 0 Å². The zero-order valence-electron chi connectivity index (χ0n) is 13.8. The molecule has 1 aromatic carbocycles. The Bertz CT molecular complexity index is 863. The molecule has 4 rings (SSSR count). The maximum atomic E-state index is 12.7. The summed E-state index contributed by atoms with van der Waals surface area (Å²) in [6.45, 7) is 4.85. The topological polar surface area (TPSA) is 72.4 Å². The fraction of sp³-hybridized carbons (Fsp3) is 0.389. The summed E-state index contributed by atoms with van der Waals surface area (Å²) < 4.78 is 11.4. The van der Waals surface area contributed by atoms with Crippen LogP contribution in [-0.2, 0) is 0 Å². The molecule has 0 aliphatic carbocycles. The number of aryl methyl sites for hydroxylation is 2. The molecule has 1 aliphatic heterocycles. The van der Waals surface area contributed by atoms with Crippen molar-refractivity contribution in [3.8, 4) is 0 Å². The number of likely N-dealkylation sites (tertiary alicyclic amines) is 1. The first-order valence-corrected chi connectivity index (χ1v) is 8.20. The van der Waals surface area contributed by atoms with E-state index in [1.807, 2.05) is 29.2 Å². The lowest BCUT2D eigenvalue weighted by Crippen LogP contribution is -2.39. The normalized spacial score (nSPS) is 18.2. The van der Waals surface area contributed by atoms with Gasteiger partial charge in [0.05, 0.1) is 11.6 Å². The Balaban J connectivity index is 1.57. The van der Waals surface area contributed by atoms with Gasteiger partial charge in [0.25, 0.3) is 5.91 Å². The van der Waals surface area contributed by atoms with Crippen molar-refractivity contribution in [2.45, 2.75) is 32.6 Å². The van der Waals surface area contributed by atoms with Gasteiger partial charge in [-0.3, -0.25) is 4.79 Å². The molecule has 1 atom stereocenters. The molecule has 0 radical (unpaired) electrons. The third kappa shape index (κ3) is 2.58. The monoisotopic (exact) mass is 325 g/mol. The highest BCUT2D eigenvalue weighted by Gasteiger charge is 2.31. The molecule has 0 N–H and O–H groups in total. The van der Waals surface area contributed by atoms with E-state index in [9.17, 15) is 4.79 Å². The molecule has 3 aromatic rings. The lowest BCUT2D eigenvalue weighted by atomic mass is 9.97. The summed E-state index contributed by atoms with van der Waals surface area (Å²) in [5.74, 6) is 1.57. The largest absolute Gasteiger partial charge is 0.440 e. The standard InChI is InChI=1S/C18H19N3O3/c1-11-16(23-12(2)19-11)18(22)21-9-5-6-13(10-21)17-20-14-7-3-4-8-15(14)24-17/h3-4,7-8,13H,5-6,9-10H2,1-2H3/t13-/m1/s1. The zero-order valence-corrected chi connectivity index (χ0v) is 13.8. The molecule has 1 aliphatic rings. The Hall–Kier alpha value is -2.63. The first kappa shape index (κ1) is 14.9. The van der Waals surface area contributed by atoms with E-state index in [0.29, 0.717) is 29.8 Å². The van der Waals surface area contributed by atoms with Gasteiger partial charge in [-0.25, -0.2) is 9.97 Å². The van der Waals surface area contributed by atoms with Crippen molar-refractivity contribution < 1.29 is 13.6 Å². The number of para-hydroxylation sites is 2. The van der Waals surface area contributed by atoms with Crippen molar-refractivity contribution in [3.05, 3.63) is 47.5 Å². The van der Waals surface area contributed by atoms with Crippen LogP contribution in [0, 0.1) is 13.8 Å². The van der Waals surface area contributed by atoms with Crippen molar-refractivity contribution in [2.75, 3.05) is 13.1 Å². The predicted molar refractivity (Wildman–Crippen MR) is 87.9 cm³/mol. The van der Waals surface area contributed by atoms with Gasteiger partial charge in [-0.15, -0.1) is 0 Å². The highest BCUT2D eigenvalue weighted by Crippen LogP contribution is 2.30. The lowest BCUT2D eigenvalue weighted by Gasteiger charge is -2.30. The Morgan fingerprint density at radius 3 is 2.79 bits per heavy atom. The van der Waals surface area contributed by atoms with Crippen LogP contribution in [0.5, 0.6) is 0 Å². The number of fused-ring (bicyclic) bond motifs is 1. The number of amides is 1. The van der Waals surface area contributed by atoms with Crippen LogP contribution in [0.4, 0.5) is 0 Å². The molecule has 1 saturated heterocycles. The minimum atomic E-state index is -0.103. The molecule has 1 fully saturated rings. The Morgan fingerprint density at radius 1 is 1.21 bits per heavy atom. The molecule has 24 heavy (non-hydrogen) atoms. The summed E-state index contributed by atoms with van der Waals surface area (Å²) >= 11 is 0. The van der Waals surface area contributed by atoms with Crippen LogP contribution in [0.2, 0.25) is 0 Å². The van der Waals surface area contributed by atoms with Gasteiger partial charge in [0.1, 0.15) is 5.52 Å². The Kier molecular flexibility index (Phi) is 3.59.